The summed E-state index contributed by atoms with van der Waals surface area (Å²) in [6.07, 6.45) is 3.72. The van der Waals surface area contributed by atoms with E-state index in [4.69, 9.17) is 4.74 Å². The zero-order valence-electron chi connectivity index (χ0n) is 9.77. The first-order valence-corrected chi connectivity index (χ1v) is 6.47. The molecule has 0 bridgehead atoms. The number of hydrogen-bond acceptors (Lipinski definition) is 6. The third kappa shape index (κ3) is 3.41. The summed E-state index contributed by atoms with van der Waals surface area (Å²) in [6.45, 7) is 2.58. The van der Waals surface area contributed by atoms with E-state index in [0.717, 1.165) is 37.7 Å². The van der Waals surface area contributed by atoms with Gasteiger partial charge in [-0.25, -0.2) is 9.78 Å². The first-order valence-electron chi connectivity index (χ1n) is 5.65. The average molecular weight is 256 g/mol. The third-order valence-electron chi connectivity index (χ3n) is 2.78. The second-order valence-corrected chi connectivity index (χ2v) is 4.99. The van der Waals surface area contributed by atoms with Crippen LogP contribution in [0.3, 0.4) is 0 Å². The molecular weight excluding hydrogens is 240 g/mol. The zero-order chi connectivity index (χ0) is 12.1. The molecule has 2 heterocycles. The minimum atomic E-state index is -0.332. The van der Waals surface area contributed by atoms with Crippen molar-refractivity contribution in [3.05, 3.63) is 11.1 Å². The minimum absolute atomic E-state index is 0.332. The van der Waals surface area contributed by atoms with Crippen molar-refractivity contribution in [1.82, 2.24) is 4.98 Å². The molecule has 1 N–H and O–H groups in total. The van der Waals surface area contributed by atoms with E-state index in [0.29, 0.717) is 10.8 Å². The molecule has 1 aromatic heterocycles. The number of carbonyl (C=O) groups excluding carboxylic acids is 1. The fraction of sp³-hybridized carbons (Fsp3) is 0.636. The molecule has 0 unspecified atom stereocenters. The largest absolute Gasteiger partial charge is 0.465 e. The molecule has 0 amide bonds. The van der Waals surface area contributed by atoms with Crippen LogP contribution in [0.4, 0.5) is 5.13 Å². The van der Waals surface area contributed by atoms with Gasteiger partial charge in [0.05, 0.1) is 13.3 Å². The Labute approximate surface area is 104 Å². The first-order chi connectivity index (χ1) is 8.29. The van der Waals surface area contributed by atoms with Gasteiger partial charge in [0.15, 0.2) is 5.13 Å². The average Bonchev–Trinajstić information content (AvgIpc) is 2.85. The van der Waals surface area contributed by atoms with Crippen LogP contribution in [0.1, 0.15) is 22.5 Å². The van der Waals surface area contributed by atoms with Crippen molar-refractivity contribution in [2.75, 3.05) is 32.2 Å². The lowest BCUT2D eigenvalue weighted by Gasteiger charge is -2.21. The zero-order valence-corrected chi connectivity index (χ0v) is 10.6. The van der Waals surface area contributed by atoms with Gasteiger partial charge in [-0.3, -0.25) is 0 Å². The molecule has 1 aromatic rings. The van der Waals surface area contributed by atoms with Gasteiger partial charge < -0.3 is 14.8 Å². The summed E-state index contributed by atoms with van der Waals surface area (Å²) in [5, 5.41) is 4.03. The highest BCUT2D eigenvalue weighted by atomic mass is 32.1. The maximum atomic E-state index is 11.2. The maximum Gasteiger partial charge on any atom is 0.349 e. The van der Waals surface area contributed by atoms with Gasteiger partial charge in [-0.15, -0.1) is 0 Å². The molecule has 1 fully saturated rings. The number of aromatic nitrogens is 1. The summed E-state index contributed by atoms with van der Waals surface area (Å²) in [5.41, 5.74) is 0. The summed E-state index contributed by atoms with van der Waals surface area (Å²) in [4.78, 5) is 15.9. The molecule has 94 valence electrons. The lowest BCUT2D eigenvalue weighted by molar-refractivity contribution is 0.0606. The van der Waals surface area contributed by atoms with E-state index in [2.05, 4.69) is 15.0 Å². The molecule has 6 heteroatoms. The SMILES string of the molecule is COC(=O)c1cnc(NCC2CCOCC2)s1. The van der Waals surface area contributed by atoms with Crippen molar-refractivity contribution >= 4 is 22.4 Å². The number of anilines is 1. The first kappa shape index (κ1) is 12.3. The highest BCUT2D eigenvalue weighted by molar-refractivity contribution is 7.17. The standard InChI is InChI=1S/C11H16N2O3S/c1-15-10(14)9-7-13-11(17-9)12-6-8-2-4-16-5-3-8/h7-8H,2-6H2,1H3,(H,12,13). The van der Waals surface area contributed by atoms with Crippen LogP contribution in [0.5, 0.6) is 0 Å². The highest BCUT2D eigenvalue weighted by Gasteiger charge is 2.15. The van der Waals surface area contributed by atoms with Gasteiger partial charge >= 0.3 is 5.97 Å². The summed E-state index contributed by atoms with van der Waals surface area (Å²) in [6, 6.07) is 0. The molecule has 1 aliphatic heterocycles. The molecule has 1 saturated heterocycles. The van der Waals surface area contributed by atoms with Gasteiger partial charge in [-0.1, -0.05) is 11.3 Å². The van der Waals surface area contributed by atoms with E-state index in [1.807, 2.05) is 0 Å². The third-order valence-corrected chi connectivity index (χ3v) is 3.71. The van der Waals surface area contributed by atoms with Crippen LogP contribution in [-0.4, -0.2) is 37.8 Å². The maximum absolute atomic E-state index is 11.2. The monoisotopic (exact) mass is 256 g/mol. The van der Waals surface area contributed by atoms with Crippen LogP contribution in [0.15, 0.2) is 6.20 Å². The van der Waals surface area contributed by atoms with E-state index in [9.17, 15) is 4.79 Å². The van der Waals surface area contributed by atoms with Crippen LogP contribution in [-0.2, 0) is 9.47 Å². The molecular formula is C11H16N2O3S. The second kappa shape index (κ2) is 5.97. The van der Waals surface area contributed by atoms with Crippen LogP contribution < -0.4 is 5.32 Å². The van der Waals surface area contributed by atoms with Gasteiger partial charge in [0.1, 0.15) is 4.88 Å². The van der Waals surface area contributed by atoms with Crippen molar-refractivity contribution in [3.63, 3.8) is 0 Å². The molecule has 0 radical (unpaired) electrons. The topological polar surface area (TPSA) is 60.5 Å². The highest BCUT2D eigenvalue weighted by Crippen LogP contribution is 2.21. The number of esters is 1. The van der Waals surface area contributed by atoms with Crippen LogP contribution in [0, 0.1) is 5.92 Å². The molecule has 2 rings (SSSR count). The van der Waals surface area contributed by atoms with Crippen LogP contribution in [0.2, 0.25) is 0 Å². The Kier molecular flexibility index (Phi) is 4.33. The molecule has 0 atom stereocenters. The molecule has 1 aliphatic rings. The lowest BCUT2D eigenvalue weighted by Crippen LogP contribution is -2.22. The molecule has 17 heavy (non-hydrogen) atoms. The number of nitrogens with zero attached hydrogens (tertiary/aromatic N) is 1. The van der Waals surface area contributed by atoms with E-state index in [1.54, 1.807) is 6.20 Å². The Morgan fingerprint density at radius 2 is 2.41 bits per heavy atom. The van der Waals surface area contributed by atoms with Crippen molar-refractivity contribution in [2.45, 2.75) is 12.8 Å². The van der Waals surface area contributed by atoms with Crippen LogP contribution >= 0.6 is 11.3 Å². The normalized spacial score (nSPS) is 16.8. The molecule has 0 aromatic carbocycles. The Morgan fingerprint density at radius 1 is 1.65 bits per heavy atom. The van der Waals surface area contributed by atoms with E-state index >= 15 is 0 Å². The van der Waals surface area contributed by atoms with Crippen LogP contribution in [0.25, 0.3) is 0 Å². The molecule has 5 nitrogen and oxygen atoms in total. The number of ether oxygens (including phenoxy) is 2. The van der Waals surface area contributed by atoms with Gasteiger partial charge in [0.2, 0.25) is 0 Å². The van der Waals surface area contributed by atoms with Crippen molar-refractivity contribution in [2.24, 2.45) is 5.92 Å². The quantitative estimate of drug-likeness (QED) is 0.832. The number of hydrogen-bond donors (Lipinski definition) is 1. The number of carbonyl (C=O) groups is 1. The smallest absolute Gasteiger partial charge is 0.349 e. The van der Waals surface area contributed by atoms with Gasteiger partial charge in [-0.2, -0.15) is 0 Å². The van der Waals surface area contributed by atoms with E-state index < -0.39 is 0 Å². The fourth-order valence-electron chi connectivity index (χ4n) is 1.73. The lowest BCUT2D eigenvalue weighted by atomic mass is 10.0. The van der Waals surface area contributed by atoms with Crippen molar-refractivity contribution in [1.29, 1.82) is 0 Å². The summed E-state index contributed by atoms with van der Waals surface area (Å²) in [7, 11) is 1.37. The predicted molar refractivity (Wildman–Crippen MR) is 65.5 cm³/mol. The Morgan fingerprint density at radius 3 is 3.12 bits per heavy atom. The number of methoxy groups -OCH3 is 1. The van der Waals surface area contributed by atoms with Gasteiger partial charge in [0, 0.05) is 19.8 Å². The fourth-order valence-corrected chi connectivity index (χ4v) is 2.47. The molecule has 0 saturated carbocycles. The van der Waals surface area contributed by atoms with Crippen molar-refractivity contribution < 1.29 is 14.3 Å². The summed E-state index contributed by atoms with van der Waals surface area (Å²) in [5.74, 6) is 0.302. The predicted octanol–water partition coefficient (Wildman–Crippen LogP) is 1.77. The summed E-state index contributed by atoms with van der Waals surface area (Å²) >= 11 is 1.33. The molecule has 0 aliphatic carbocycles. The molecule has 0 spiro atoms. The van der Waals surface area contributed by atoms with Gasteiger partial charge in [0.25, 0.3) is 0 Å². The number of rotatable bonds is 4. The number of nitrogens with one attached hydrogen (secondary N) is 1. The number of thiazole rings is 1. The van der Waals surface area contributed by atoms with E-state index in [-0.39, 0.29) is 5.97 Å². The minimum Gasteiger partial charge on any atom is -0.465 e. The van der Waals surface area contributed by atoms with Gasteiger partial charge in [-0.05, 0) is 18.8 Å². The second-order valence-electron chi connectivity index (χ2n) is 3.96. The van der Waals surface area contributed by atoms with Crippen molar-refractivity contribution in [3.8, 4) is 0 Å². The van der Waals surface area contributed by atoms with E-state index in [1.165, 1.54) is 18.4 Å². The Bertz CT molecular complexity index is 375. The Hall–Kier alpha value is -1.14. The summed E-state index contributed by atoms with van der Waals surface area (Å²) < 4.78 is 9.93. The Balaban J connectivity index is 1.82.